The Morgan fingerprint density at radius 3 is 2.90 bits per heavy atom. The van der Waals surface area contributed by atoms with Crippen molar-refractivity contribution in [2.75, 3.05) is 16.9 Å². The third-order valence-electron chi connectivity index (χ3n) is 3.76. The standard InChI is InChI=1S/C16H20N4/c17-19-16-10-5-8-14(18-16)12-20-11-4-3-7-13-6-1-2-9-15(13)20/h1-2,5-6,8-10H,3-4,7,11-12,17H2,(H,18,19). The molecule has 0 fully saturated rings. The van der Waals surface area contributed by atoms with Gasteiger partial charge < -0.3 is 10.3 Å². The van der Waals surface area contributed by atoms with Crippen LogP contribution in [0.15, 0.2) is 42.5 Å². The fourth-order valence-corrected chi connectivity index (χ4v) is 2.78. The molecule has 4 nitrogen and oxygen atoms in total. The van der Waals surface area contributed by atoms with Crippen molar-refractivity contribution < 1.29 is 0 Å². The van der Waals surface area contributed by atoms with Crippen LogP contribution in [0.5, 0.6) is 0 Å². The van der Waals surface area contributed by atoms with Crippen LogP contribution in [0.1, 0.15) is 24.1 Å². The average Bonchev–Trinajstić information content (AvgIpc) is 2.70. The molecule has 20 heavy (non-hydrogen) atoms. The summed E-state index contributed by atoms with van der Waals surface area (Å²) >= 11 is 0. The first-order valence-electron chi connectivity index (χ1n) is 7.12. The number of rotatable bonds is 3. The number of fused-ring (bicyclic) bond motifs is 1. The Morgan fingerprint density at radius 1 is 1.10 bits per heavy atom. The number of para-hydroxylation sites is 1. The number of benzene rings is 1. The van der Waals surface area contributed by atoms with Gasteiger partial charge in [-0.15, -0.1) is 0 Å². The van der Waals surface area contributed by atoms with Crippen LogP contribution < -0.4 is 16.2 Å². The topological polar surface area (TPSA) is 54.2 Å². The van der Waals surface area contributed by atoms with Gasteiger partial charge in [0.2, 0.25) is 0 Å². The zero-order valence-corrected chi connectivity index (χ0v) is 11.5. The quantitative estimate of drug-likeness (QED) is 0.664. The number of anilines is 2. The normalized spacial score (nSPS) is 14.6. The monoisotopic (exact) mass is 268 g/mol. The van der Waals surface area contributed by atoms with Gasteiger partial charge in [0.15, 0.2) is 0 Å². The van der Waals surface area contributed by atoms with E-state index in [1.807, 2.05) is 18.2 Å². The Morgan fingerprint density at radius 2 is 2.00 bits per heavy atom. The maximum absolute atomic E-state index is 5.43. The molecule has 4 heteroatoms. The van der Waals surface area contributed by atoms with Crippen LogP contribution in [0.3, 0.4) is 0 Å². The number of hydrazine groups is 1. The molecule has 1 aliphatic rings. The first-order valence-corrected chi connectivity index (χ1v) is 7.12. The first-order chi connectivity index (χ1) is 9.86. The van der Waals surface area contributed by atoms with Crippen molar-refractivity contribution in [3.05, 3.63) is 53.7 Å². The molecule has 1 aliphatic heterocycles. The molecule has 3 rings (SSSR count). The number of aryl methyl sites for hydroxylation is 1. The number of nitrogens with zero attached hydrogens (tertiary/aromatic N) is 2. The molecule has 2 heterocycles. The van der Waals surface area contributed by atoms with E-state index in [2.05, 4.69) is 39.6 Å². The second kappa shape index (κ2) is 5.92. The molecular formula is C16H20N4. The molecular weight excluding hydrogens is 248 g/mol. The van der Waals surface area contributed by atoms with E-state index in [1.54, 1.807) is 0 Å². The van der Waals surface area contributed by atoms with Crippen LogP contribution in [0, 0.1) is 0 Å². The summed E-state index contributed by atoms with van der Waals surface area (Å²) in [5.74, 6) is 6.14. The average molecular weight is 268 g/mol. The highest BCUT2D eigenvalue weighted by atomic mass is 15.3. The summed E-state index contributed by atoms with van der Waals surface area (Å²) in [5.41, 5.74) is 6.43. The van der Waals surface area contributed by atoms with Crippen molar-refractivity contribution in [3.63, 3.8) is 0 Å². The number of nitrogens with one attached hydrogen (secondary N) is 1. The second-order valence-corrected chi connectivity index (χ2v) is 5.17. The number of hydrogen-bond donors (Lipinski definition) is 2. The molecule has 0 aliphatic carbocycles. The molecule has 0 spiro atoms. The zero-order valence-electron chi connectivity index (χ0n) is 11.5. The van der Waals surface area contributed by atoms with E-state index >= 15 is 0 Å². The summed E-state index contributed by atoms with van der Waals surface area (Å²) in [7, 11) is 0. The Kier molecular flexibility index (Phi) is 3.83. The minimum atomic E-state index is 0.714. The largest absolute Gasteiger partial charge is 0.365 e. The highest BCUT2D eigenvalue weighted by Gasteiger charge is 2.15. The molecule has 0 atom stereocenters. The third-order valence-corrected chi connectivity index (χ3v) is 3.76. The Labute approximate surface area is 119 Å². The van der Waals surface area contributed by atoms with Crippen LogP contribution >= 0.6 is 0 Å². The van der Waals surface area contributed by atoms with Crippen molar-refractivity contribution in [3.8, 4) is 0 Å². The van der Waals surface area contributed by atoms with Crippen molar-refractivity contribution in [1.29, 1.82) is 0 Å². The zero-order chi connectivity index (χ0) is 13.8. The smallest absolute Gasteiger partial charge is 0.140 e. The summed E-state index contributed by atoms with van der Waals surface area (Å²) in [6.07, 6.45) is 3.65. The molecule has 0 unspecified atom stereocenters. The SMILES string of the molecule is NNc1cccc(CN2CCCCc3ccccc32)n1. The molecule has 2 aromatic rings. The number of pyridine rings is 1. The summed E-state index contributed by atoms with van der Waals surface area (Å²) in [4.78, 5) is 6.93. The van der Waals surface area contributed by atoms with Gasteiger partial charge in [-0.1, -0.05) is 24.3 Å². The van der Waals surface area contributed by atoms with Gasteiger partial charge in [-0.05, 0) is 43.0 Å². The summed E-state index contributed by atoms with van der Waals surface area (Å²) in [6, 6.07) is 14.6. The Balaban J connectivity index is 1.86. The van der Waals surface area contributed by atoms with Gasteiger partial charge >= 0.3 is 0 Å². The summed E-state index contributed by atoms with van der Waals surface area (Å²) in [6.45, 7) is 1.91. The van der Waals surface area contributed by atoms with Crippen molar-refractivity contribution >= 4 is 11.5 Å². The lowest BCUT2D eigenvalue weighted by atomic mass is 10.1. The highest BCUT2D eigenvalue weighted by Crippen LogP contribution is 2.27. The number of nitrogen functional groups attached to an aromatic ring is 1. The van der Waals surface area contributed by atoms with Gasteiger partial charge in [0.05, 0.1) is 12.2 Å². The van der Waals surface area contributed by atoms with Gasteiger partial charge in [-0.2, -0.15) is 0 Å². The number of hydrogen-bond acceptors (Lipinski definition) is 4. The van der Waals surface area contributed by atoms with Crippen LogP contribution in [0.4, 0.5) is 11.5 Å². The third kappa shape index (κ3) is 2.75. The van der Waals surface area contributed by atoms with Crippen molar-refractivity contribution in [2.24, 2.45) is 5.84 Å². The second-order valence-electron chi connectivity index (χ2n) is 5.17. The molecule has 0 radical (unpaired) electrons. The van der Waals surface area contributed by atoms with E-state index in [0.29, 0.717) is 5.82 Å². The van der Waals surface area contributed by atoms with E-state index in [0.717, 1.165) is 18.8 Å². The molecule has 3 N–H and O–H groups in total. The van der Waals surface area contributed by atoms with E-state index in [4.69, 9.17) is 5.84 Å². The van der Waals surface area contributed by atoms with E-state index in [-0.39, 0.29) is 0 Å². The Hall–Kier alpha value is -2.07. The van der Waals surface area contributed by atoms with Crippen LogP contribution in [-0.4, -0.2) is 11.5 Å². The predicted octanol–water partition coefficient (Wildman–Crippen LogP) is 2.71. The van der Waals surface area contributed by atoms with E-state index in [9.17, 15) is 0 Å². The number of aromatic nitrogens is 1. The maximum Gasteiger partial charge on any atom is 0.140 e. The lowest BCUT2D eigenvalue weighted by molar-refractivity contribution is 0.708. The molecule has 1 aromatic carbocycles. The minimum Gasteiger partial charge on any atom is -0.365 e. The van der Waals surface area contributed by atoms with Crippen molar-refractivity contribution in [1.82, 2.24) is 4.98 Å². The molecule has 104 valence electrons. The number of nitrogens with two attached hydrogens (primary N) is 1. The molecule has 0 saturated carbocycles. The first kappa shape index (κ1) is 12.9. The fraction of sp³-hybridized carbons (Fsp3) is 0.312. The molecule has 1 aromatic heterocycles. The maximum atomic E-state index is 5.43. The van der Waals surface area contributed by atoms with Gasteiger partial charge in [-0.25, -0.2) is 10.8 Å². The predicted molar refractivity (Wildman–Crippen MR) is 82.5 cm³/mol. The molecule has 0 amide bonds. The summed E-state index contributed by atoms with van der Waals surface area (Å²) < 4.78 is 0. The van der Waals surface area contributed by atoms with Crippen molar-refractivity contribution in [2.45, 2.75) is 25.8 Å². The van der Waals surface area contributed by atoms with E-state index in [1.165, 1.54) is 30.5 Å². The lowest BCUT2D eigenvalue weighted by Gasteiger charge is -2.24. The Bertz CT molecular complexity index is 582. The van der Waals surface area contributed by atoms with Gasteiger partial charge in [0.25, 0.3) is 0 Å². The highest BCUT2D eigenvalue weighted by molar-refractivity contribution is 5.54. The minimum absolute atomic E-state index is 0.714. The van der Waals surface area contributed by atoms with Crippen LogP contribution in [0.2, 0.25) is 0 Å². The molecule has 0 bridgehead atoms. The van der Waals surface area contributed by atoms with Crippen LogP contribution in [-0.2, 0) is 13.0 Å². The summed E-state index contributed by atoms with van der Waals surface area (Å²) in [5, 5.41) is 0. The van der Waals surface area contributed by atoms with Gasteiger partial charge in [-0.3, -0.25) is 0 Å². The van der Waals surface area contributed by atoms with E-state index < -0.39 is 0 Å². The van der Waals surface area contributed by atoms with Crippen LogP contribution in [0.25, 0.3) is 0 Å². The fourth-order valence-electron chi connectivity index (χ4n) is 2.78. The lowest BCUT2D eigenvalue weighted by Crippen LogP contribution is -2.24. The van der Waals surface area contributed by atoms with Gasteiger partial charge in [0.1, 0.15) is 5.82 Å². The molecule has 0 saturated heterocycles. The van der Waals surface area contributed by atoms with Gasteiger partial charge in [0, 0.05) is 12.2 Å².